The molecule has 0 aliphatic heterocycles. The number of nitrogens with zero attached hydrogens (tertiary/aromatic N) is 3. The molecule has 2 N–H and O–H groups in total. The van der Waals surface area contributed by atoms with Crippen LogP contribution in [0.4, 0.5) is 5.82 Å². The van der Waals surface area contributed by atoms with Crippen molar-refractivity contribution in [2.75, 3.05) is 6.54 Å². The number of carboxylic acids is 1. The van der Waals surface area contributed by atoms with Gasteiger partial charge >= 0.3 is 11.8 Å². The van der Waals surface area contributed by atoms with Crippen LogP contribution in [0.25, 0.3) is 0 Å². The van der Waals surface area contributed by atoms with Gasteiger partial charge in [-0.15, -0.1) is 0 Å². The van der Waals surface area contributed by atoms with Gasteiger partial charge in [-0.3, -0.25) is 9.59 Å². The van der Waals surface area contributed by atoms with Crippen LogP contribution >= 0.6 is 0 Å². The summed E-state index contributed by atoms with van der Waals surface area (Å²) in [6.45, 7) is 3.32. The smallest absolute Gasteiger partial charge is 0.389 e. The molecule has 0 aromatic carbocycles. The highest BCUT2D eigenvalue weighted by Gasteiger charge is 2.35. The quantitative estimate of drug-likeness (QED) is 0.539. The van der Waals surface area contributed by atoms with E-state index in [4.69, 9.17) is 0 Å². The molecule has 0 spiro atoms. The number of aliphatic carboxylic acids is 1. The normalized spacial score (nSPS) is 11.1. The van der Waals surface area contributed by atoms with E-state index >= 15 is 0 Å². The summed E-state index contributed by atoms with van der Waals surface area (Å²) in [5.74, 6) is -1.74. The third-order valence-corrected chi connectivity index (χ3v) is 3.55. The maximum absolute atomic E-state index is 11.8. The molecule has 1 amide bonds. The van der Waals surface area contributed by atoms with E-state index in [1.165, 1.54) is 12.3 Å². The Kier molecular flexibility index (Phi) is 5.39. The predicted molar refractivity (Wildman–Crippen MR) is 72.5 cm³/mol. The molecule has 0 bridgehead atoms. The van der Waals surface area contributed by atoms with Gasteiger partial charge in [0, 0.05) is 6.54 Å². The minimum absolute atomic E-state index is 0.0114. The second kappa shape index (κ2) is 6.82. The van der Waals surface area contributed by atoms with E-state index in [0.717, 1.165) is 4.68 Å². The highest BCUT2D eigenvalue weighted by Crippen LogP contribution is 2.25. The van der Waals surface area contributed by atoms with Gasteiger partial charge in [0.25, 0.3) is 0 Å². The standard InChI is InChI=1S/C12H18N4O5/c1-3-12(4-2,11(18)19)8-13-10(17)7-15-6-5-9(14-15)16(20)21/h5-6H,3-4,7-8H2,1-2H3,(H,13,17)(H,18,19). The van der Waals surface area contributed by atoms with Gasteiger partial charge in [-0.2, -0.15) is 4.68 Å². The van der Waals surface area contributed by atoms with Crippen LogP contribution < -0.4 is 5.32 Å². The van der Waals surface area contributed by atoms with Crippen molar-refractivity contribution in [3.63, 3.8) is 0 Å². The number of nitro groups is 1. The molecule has 0 aliphatic rings. The second-order valence-corrected chi connectivity index (χ2v) is 4.70. The zero-order valence-corrected chi connectivity index (χ0v) is 11.9. The monoisotopic (exact) mass is 298 g/mol. The number of aromatic nitrogens is 2. The second-order valence-electron chi connectivity index (χ2n) is 4.70. The van der Waals surface area contributed by atoms with Gasteiger partial charge in [-0.25, -0.2) is 0 Å². The lowest BCUT2D eigenvalue weighted by molar-refractivity contribution is -0.389. The average Bonchev–Trinajstić information content (AvgIpc) is 2.88. The van der Waals surface area contributed by atoms with Crippen molar-refractivity contribution in [2.24, 2.45) is 5.41 Å². The highest BCUT2D eigenvalue weighted by atomic mass is 16.6. The summed E-state index contributed by atoms with van der Waals surface area (Å²) in [6, 6.07) is 1.19. The van der Waals surface area contributed by atoms with Crippen LogP contribution in [-0.4, -0.2) is 38.2 Å². The van der Waals surface area contributed by atoms with Crippen LogP contribution in [0.15, 0.2) is 12.3 Å². The minimum atomic E-state index is -0.994. The Morgan fingerprint density at radius 1 is 1.48 bits per heavy atom. The summed E-state index contributed by atoms with van der Waals surface area (Å²) < 4.78 is 1.13. The summed E-state index contributed by atoms with van der Waals surface area (Å²) >= 11 is 0. The van der Waals surface area contributed by atoms with E-state index in [1.54, 1.807) is 13.8 Å². The van der Waals surface area contributed by atoms with Crippen molar-refractivity contribution in [1.82, 2.24) is 15.1 Å². The largest absolute Gasteiger partial charge is 0.481 e. The molecule has 0 saturated carbocycles. The molecule has 0 radical (unpaired) electrons. The third kappa shape index (κ3) is 4.01. The van der Waals surface area contributed by atoms with Crippen LogP contribution in [-0.2, 0) is 16.1 Å². The molecule has 1 heterocycles. The summed E-state index contributed by atoms with van der Waals surface area (Å²) in [5, 5.41) is 25.9. The van der Waals surface area contributed by atoms with Crippen molar-refractivity contribution in [1.29, 1.82) is 0 Å². The topological polar surface area (TPSA) is 127 Å². The molecule has 1 aromatic rings. The van der Waals surface area contributed by atoms with Crippen LogP contribution in [0.5, 0.6) is 0 Å². The Balaban J connectivity index is 2.60. The number of nitrogens with one attached hydrogen (secondary N) is 1. The maximum atomic E-state index is 11.8. The Morgan fingerprint density at radius 3 is 2.52 bits per heavy atom. The van der Waals surface area contributed by atoms with E-state index in [2.05, 4.69) is 10.4 Å². The maximum Gasteiger partial charge on any atom is 0.389 e. The number of amides is 1. The van der Waals surface area contributed by atoms with E-state index < -0.39 is 22.2 Å². The van der Waals surface area contributed by atoms with Gasteiger partial charge < -0.3 is 20.5 Å². The van der Waals surface area contributed by atoms with Crippen LogP contribution in [0.2, 0.25) is 0 Å². The molecule has 9 heteroatoms. The molecule has 0 fully saturated rings. The average molecular weight is 298 g/mol. The first-order valence-electron chi connectivity index (χ1n) is 6.52. The first-order valence-corrected chi connectivity index (χ1v) is 6.52. The zero-order valence-electron chi connectivity index (χ0n) is 11.9. The summed E-state index contributed by atoms with van der Waals surface area (Å²) in [7, 11) is 0. The fourth-order valence-electron chi connectivity index (χ4n) is 1.89. The van der Waals surface area contributed by atoms with E-state index in [0.29, 0.717) is 12.8 Å². The molecule has 1 rings (SSSR count). The summed E-state index contributed by atoms with van der Waals surface area (Å²) in [4.78, 5) is 32.9. The van der Waals surface area contributed by atoms with Gasteiger partial charge in [-0.1, -0.05) is 13.8 Å². The molecule has 0 saturated heterocycles. The number of rotatable bonds is 8. The number of hydrogen-bond acceptors (Lipinski definition) is 5. The fraction of sp³-hybridized carbons (Fsp3) is 0.583. The van der Waals surface area contributed by atoms with Crippen LogP contribution in [0.3, 0.4) is 0 Å². The molecular formula is C12H18N4O5. The first kappa shape index (κ1) is 16.6. The summed E-state index contributed by atoms with van der Waals surface area (Å²) in [5.41, 5.74) is -0.994. The Hall–Kier alpha value is -2.45. The Labute approximate surface area is 121 Å². The van der Waals surface area contributed by atoms with Crippen LogP contribution in [0, 0.1) is 15.5 Å². The zero-order chi connectivity index (χ0) is 16.0. The van der Waals surface area contributed by atoms with Gasteiger partial charge in [-0.05, 0) is 17.8 Å². The molecule has 0 unspecified atom stereocenters. The lowest BCUT2D eigenvalue weighted by Gasteiger charge is -2.26. The van der Waals surface area contributed by atoms with E-state index in [9.17, 15) is 24.8 Å². The number of hydrogen-bond donors (Lipinski definition) is 2. The molecule has 0 aliphatic carbocycles. The lowest BCUT2D eigenvalue weighted by Crippen LogP contribution is -2.43. The van der Waals surface area contributed by atoms with Gasteiger partial charge in [0.05, 0.1) is 22.8 Å². The Morgan fingerprint density at radius 2 is 2.10 bits per heavy atom. The van der Waals surface area contributed by atoms with Crippen LogP contribution in [0.1, 0.15) is 26.7 Å². The molecular weight excluding hydrogens is 280 g/mol. The lowest BCUT2D eigenvalue weighted by atomic mass is 9.82. The summed E-state index contributed by atoms with van der Waals surface area (Å²) in [6.07, 6.45) is 2.11. The third-order valence-electron chi connectivity index (χ3n) is 3.55. The van der Waals surface area contributed by atoms with Crippen molar-refractivity contribution < 1.29 is 19.6 Å². The van der Waals surface area contributed by atoms with Crippen molar-refractivity contribution in [3.05, 3.63) is 22.4 Å². The molecule has 116 valence electrons. The van der Waals surface area contributed by atoms with Crippen molar-refractivity contribution >= 4 is 17.7 Å². The molecule has 0 atom stereocenters. The van der Waals surface area contributed by atoms with Gasteiger partial charge in [0.1, 0.15) is 6.54 Å². The van der Waals surface area contributed by atoms with Gasteiger partial charge in [0.15, 0.2) is 0 Å². The van der Waals surface area contributed by atoms with Crippen molar-refractivity contribution in [3.8, 4) is 0 Å². The van der Waals surface area contributed by atoms with E-state index in [-0.39, 0.29) is 18.9 Å². The molecule has 9 nitrogen and oxygen atoms in total. The predicted octanol–water partition coefficient (Wildman–Crippen LogP) is 0.798. The highest BCUT2D eigenvalue weighted by molar-refractivity contribution is 5.78. The minimum Gasteiger partial charge on any atom is -0.481 e. The number of carbonyl (C=O) groups excluding carboxylic acids is 1. The Bertz CT molecular complexity index is 536. The molecule has 21 heavy (non-hydrogen) atoms. The van der Waals surface area contributed by atoms with Gasteiger partial charge in [0.2, 0.25) is 5.91 Å². The van der Waals surface area contributed by atoms with E-state index in [1.807, 2.05) is 0 Å². The van der Waals surface area contributed by atoms with Crippen molar-refractivity contribution in [2.45, 2.75) is 33.2 Å². The number of carboxylic acid groups (broad SMARTS) is 1. The first-order chi connectivity index (χ1) is 9.84. The fourth-order valence-corrected chi connectivity index (χ4v) is 1.89. The molecule has 1 aromatic heterocycles. The number of carbonyl (C=O) groups is 2. The SMILES string of the molecule is CCC(CC)(CNC(=O)Cn1ccc([N+](=O)[O-])n1)C(=O)O.